The van der Waals surface area contributed by atoms with Gasteiger partial charge in [-0.2, -0.15) is 0 Å². The predicted octanol–water partition coefficient (Wildman–Crippen LogP) is 2.95. The van der Waals surface area contributed by atoms with Gasteiger partial charge in [-0.05, 0) is 51.5 Å². The lowest BCUT2D eigenvalue weighted by Gasteiger charge is -2.26. The molecule has 1 aliphatic heterocycles. The molecule has 1 fully saturated rings. The Kier molecular flexibility index (Phi) is 6.11. The van der Waals surface area contributed by atoms with Crippen molar-refractivity contribution < 1.29 is 0 Å². The van der Waals surface area contributed by atoms with Crippen molar-refractivity contribution in [3.8, 4) is 0 Å². The molecule has 0 amide bonds. The van der Waals surface area contributed by atoms with Gasteiger partial charge in [-0.25, -0.2) is 0 Å². The summed E-state index contributed by atoms with van der Waals surface area (Å²) in [5, 5.41) is 7.18. The maximum atomic E-state index is 3.65. The second-order valence-corrected chi connectivity index (χ2v) is 4.48. The Morgan fingerprint density at radius 3 is 2.87 bits per heavy atom. The minimum absolute atomic E-state index is 0. The lowest BCUT2D eigenvalue weighted by molar-refractivity contribution is 0.361. The molecule has 0 aromatic rings. The first kappa shape index (κ1) is 12.9. The van der Waals surface area contributed by atoms with E-state index in [0.717, 1.165) is 0 Å². The first-order valence-electron chi connectivity index (χ1n) is 6.14. The maximum absolute atomic E-state index is 3.65. The van der Waals surface area contributed by atoms with Gasteiger partial charge in [0, 0.05) is 5.70 Å². The predicted molar refractivity (Wildman–Crippen MR) is 67.2 cm³/mol. The molecule has 2 N–H and O–H groups in total. The Labute approximate surface area is 99.3 Å². The molecule has 15 heavy (non-hydrogen) atoms. The first-order chi connectivity index (χ1) is 6.95. The Morgan fingerprint density at radius 2 is 2.07 bits per heavy atom. The SMILES string of the molecule is C1=C(NC2CCCCN2)CCCCC1.Cl. The minimum Gasteiger partial charge on any atom is -0.373 e. The van der Waals surface area contributed by atoms with Gasteiger partial charge in [0.15, 0.2) is 0 Å². The van der Waals surface area contributed by atoms with Gasteiger partial charge in [-0.3, -0.25) is 5.32 Å². The number of halogens is 1. The minimum atomic E-state index is 0. The molecule has 0 aromatic carbocycles. The third-order valence-corrected chi connectivity index (χ3v) is 3.21. The molecule has 1 unspecified atom stereocenters. The number of hydrogen-bond acceptors (Lipinski definition) is 2. The number of rotatable bonds is 2. The highest BCUT2D eigenvalue weighted by Crippen LogP contribution is 2.16. The average molecular weight is 231 g/mol. The zero-order valence-electron chi connectivity index (χ0n) is 9.43. The van der Waals surface area contributed by atoms with E-state index in [4.69, 9.17) is 0 Å². The highest BCUT2D eigenvalue weighted by molar-refractivity contribution is 5.85. The molecule has 2 rings (SSSR count). The Bertz CT molecular complexity index is 198. The van der Waals surface area contributed by atoms with Gasteiger partial charge in [0.2, 0.25) is 0 Å². The molecule has 1 atom stereocenters. The van der Waals surface area contributed by atoms with E-state index >= 15 is 0 Å². The number of allylic oxidation sites excluding steroid dienone is 2. The summed E-state index contributed by atoms with van der Waals surface area (Å²) in [7, 11) is 0. The van der Waals surface area contributed by atoms with Crippen molar-refractivity contribution in [1.29, 1.82) is 0 Å². The molecule has 0 aromatic heterocycles. The van der Waals surface area contributed by atoms with Crippen molar-refractivity contribution >= 4 is 12.4 Å². The van der Waals surface area contributed by atoms with Crippen LogP contribution in [-0.4, -0.2) is 12.7 Å². The fourth-order valence-corrected chi connectivity index (χ4v) is 2.34. The highest BCUT2D eigenvalue weighted by Gasteiger charge is 2.13. The molecule has 0 spiro atoms. The summed E-state index contributed by atoms with van der Waals surface area (Å²) in [4.78, 5) is 0. The normalized spacial score (nSPS) is 27.2. The van der Waals surface area contributed by atoms with Crippen molar-refractivity contribution in [3.63, 3.8) is 0 Å². The first-order valence-corrected chi connectivity index (χ1v) is 6.14. The topological polar surface area (TPSA) is 24.1 Å². The van der Waals surface area contributed by atoms with Crippen LogP contribution in [0.4, 0.5) is 0 Å². The van der Waals surface area contributed by atoms with Crippen molar-refractivity contribution in [2.75, 3.05) is 6.54 Å². The Balaban J connectivity index is 0.00000112. The van der Waals surface area contributed by atoms with Crippen LogP contribution >= 0.6 is 12.4 Å². The van der Waals surface area contributed by atoms with Crippen LogP contribution in [0.15, 0.2) is 11.8 Å². The molecule has 2 aliphatic rings. The van der Waals surface area contributed by atoms with E-state index in [2.05, 4.69) is 16.7 Å². The van der Waals surface area contributed by atoms with Gasteiger partial charge < -0.3 is 5.32 Å². The number of piperidine rings is 1. The van der Waals surface area contributed by atoms with Crippen LogP contribution in [0.2, 0.25) is 0 Å². The van der Waals surface area contributed by atoms with Gasteiger partial charge in [0.25, 0.3) is 0 Å². The third kappa shape index (κ3) is 4.43. The van der Waals surface area contributed by atoms with E-state index in [1.54, 1.807) is 0 Å². The molecule has 0 radical (unpaired) electrons. The lowest BCUT2D eigenvalue weighted by atomic mass is 10.1. The Hall–Kier alpha value is -0.210. The monoisotopic (exact) mass is 230 g/mol. The van der Waals surface area contributed by atoms with Crippen LogP contribution in [0.25, 0.3) is 0 Å². The van der Waals surface area contributed by atoms with Crippen LogP contribution in [0.3, 0.4) is 0 Å². The second-order valence-electron chi connectivity index (χ2n) is 4.48. The van der Waals surface area contributed by atoms with Gasteiger partial charge in [0.05, 0.1) is 6.17 Å². The summed E-state index contributed by atoms with van der Waals surface area (Å²) in [5.74, 6) is 0. The summed E-state index contributed by atoms with van der Waals surface area (Å²) in [6, 6.07) is 0. The van der Waals surface area contributed by atoms with E-state index in [-0.39, 0.29) is 12.4 Å². The van der Waals surface area contributed by atoms with E-state index in [9.17, 15) is 0 Å². The molecule has 1 aliphatic carbocycles. The van der Waals surface area contributed by atoms with Crippen LogP contribution < -0.4 is 10.6 Å². The van der Waals surface area contributed by atoms with Crippen LogP contribution in [0.5, 0.6) is 0 Å². The summed E-state index contributed by atoms with van der Waals surface area (Å²) in [6.07, 6.45) is 13.6. The summed E-state index contributed by atoms with van der Waals surface area (Å²) >= 11 is 0. The fraction of sp³-hybridized carbons (Fsp3) is 0.833. The zero-order chi connectivity index (χ0) is 9.64. The van der Waals surface area contributed by atoms with Crippen molar-refractivity contribution in [3.05, 3.63) is 11.8 Å². The van der Waals surface area contributed by atoms with Gasteiger partial charge in [-0.15, -0.1) is 12.4 Å². The van der Waals surface area contributed by atoms with Crippen molar-refractivity contribution in [1.82, 2.24) is 10.6 Å². The summed E-state index contributed by atoms with van der Waals surface area (Å²) in [6.45, 7) is 1.19. The standard InChI is InChI=1S/C12H22N2.ClH/c1-2-4-8-11(7-3-1)14-12-9-5-6-10-13-12;/h7,12-14H,1-6,8-10H2;1H. The largest absolute Gasteiger partial charge is 0.373 e. The van der Waals surface area contributed by atoms with E-state index < -0.39 is 0 Å². The van der Waals surface area contributed by atoms with Crippen molar-refractivity contribution in [2.24, 2.45) is 0 Å². The molecule has 0 bridgehead atoms. The molecule has 3 heteroatoms. The number of hydrogen-bond donors (Lipinski definition) is 2. The summed E-state index contributed by atoms with van der Waals surface area (Å²) < 4.78 is 0. The molecule has 1 saturated heterocycles. The second kappa shape index (κ2) is 7.13. The summed E-state index contributed by atoms with van der Waals surface area (Å²) in [5.41, 5.74) is 1.49. The molecule has 1 heterocycles. The smallest absolute Gasteiger partial charge is 0.0765 e. The van der Waals surface area contributed by atoms with E-state index in [1.807, 2.05) is 0 Å². The van der Waals surface area contributed by atoms with E-state index in [0.29, 0.717) is 6.17 Å². The van der Waals surface area contributed by atoms with E-state index in [1.165, 1.54) is 63.6 Å². The molecule has 2 nitrogen and oxygen atoms in total. The third-order valence-electron chi connectivity index (χ3n) is 3.21. The quantitative estimate of drug-likeness (QED) is 0.762. The average Bonchev–Trinajstić information content (AvgIpc) is 2.48. The Morgan fingerprint density at radius 1 is 1.13 bits per heavy atom. The van der Waals surface area contributed by atoms with Gasteiger partial charge in [0.1, 0.15) is 0 Å². The maximum Gasteiger partial charge on any atom is 0.0765 e. The van der Waals surface area contributed by atoms with Crippen molar-refractivity contribution in [2.45, 2.75) is 57.5 Å². The van der Waals surface area contributed by atoms with Crippen LogP contribution in [-0.2, 0) is 0 Å². The molecular formula is C12H23ClN2. The highest BCUT2D eigenvalue weighted by atomic mass is 35.5. The molecule has 88 valence electrons. The van der Waals surface area contributed by atoms with Gasteiger partial charge >= 0.3 is 0 Å². The molecule has 0 saturated carbocycles. The fourth-order valence-electron chi connectivity index (χ4n) is 2.34. The zero-order valence-corrected chi connectivity index (χ0v) is 10.2. The van der Waals surface area contributed by atoms with Gasteiger partial charge in [-0.1, -0.05) is 12.5 Å². The van der Waals surface area contributed by atoms with Crippen LogP contribution in [0, 0.1) is 0 Å². The molecular weight excluding hydrogens is 208 g/mol. The number of nitrogens with one attached hydrogen (secondary N) is 2. The lowest BCUT2D eigenvalue weighted by Crippen LogP contribution is -2.44. The van der Waals surface area contributed by atoms with Crippen LogP contribution in [0.1, 0.15) is 51.4 Å².